The Bertz CT molecular complexity index is 1070. The van der Waals surface area contributed by atoms with Crippen molar-refractivity contribution < 1.29 is 27.8 Å². The van der Waals surface area contributed by atoms with Gasteiger partial charge in [-0.2, -0.15) is 0 Å². The molecule has 0 aliphatic carbocycles. The molecule has 0 spiro atoms. The standard InChI is InChI=1S/C23H22F2N2O4S/c1-14(2)21(27-22(28)18-5-3-4-6-19(18)25)23(29)31-11-16-13-32-20(26-16)12-30-17-9-7-15(24)8-10-17/h3-10,13-14,21H,11-12H2,1-2H3,(H,27,28)/t21-/m0/s1. The molecule has 2 aromatic carbocycles. The minimum Gasteiger partial charge on any atom is -0.486 e. The Labute approximate surface area is 188 Å². The van der Waals surface area contributed by atoms with Gasteiger partial charge in [0, 0.05) is 5.38 Å². The molecule has 32 heavy (non-hydrogen) atoms. The first kappa shape index (κ1) is 23.3. The molecule has 6 nitrogen and oxygen atoms in total. The van der Waals surface area contributed by atoms with Gasteiger partial charge in [0.25, 0.3) is 5.91 Å². The Morgan fingerprint density at radius 1 is 1.06 bits per heavy atom. The molecule has 0 fully saturated rings. The predicted molar refractivity (Wildman–Crippen MR) is 115 cm³/mol. The van der Waals surface area contributed by atoms with Crippen molar-refractivity contribution in [2.24, 2.45) is 5.92 Å². The fraction of sp³-hybridized carbons (Fsp3) is 0.261. The molecule has 0 aliphatic rings. The SMILES string of the molecule is CC(C)[C@H](NC(=O)c1ccccc1F)C(=O)OCc1csc(COc2ccc(F)cc2)n1. The second kappa shape index (κ2) is 10.8. The summed E-state index contributed by atoms with van der Waals surface area (Å²) < 4.78 is 37.6. The van der Waals surface area contributed by atoms with E-state index in [1.54, 1.807) is 25.3 Å². The normalized spacial score (nSPS) is 11.8. The number of nitrogens with zero attached hydrogens (tertiary/aromatic N) is 1. The van der Waals surface area contributed by atoms with Gasteiger partial charge in [0.15, 0.2) is 0 Å². The number of ether oxygens (including phenoxy) is 2. The summed E-state index contributed by atoms with van der Waals surface area (Å²) in [7, 11) is 0. The number of esters is 1. The Morgan fingerprint density at radius 2 is 1.78 bits per heavy atom. The quantitative estimate of drug-likeness (QED) is 0.476. The molecule has 168 valence electrons. The largest absolute Gasteiger partial charge is 0.486 e. The molecule has 0 saturated heterocycles. The zero-order chi connectivity index (χ0) is 23.1. The van der Waals surface area contributed by atoms with E-state index in [1.165, 1.54) is 53.8 Å². The lowest BCUT2D eigenvalue weighted by molar-refractivity contribution is -0.148. The van der Waals surface area contributed by atoms with E-state index >= 15 is 0 Å². The molecule has 1 aromatic heterocycles. The number of carbonyl (C=O) groups excluding carboxylic acids is 2. The van der Waals surface area contributed by atoms with Gasteiger partial charge in [-0.3, -0.25) is 4.79 Å². The topological polar surface area (TPSA) is 77.5 Å². The van der Waals surface area contributed by atoms with Crippen LogP contribution in [0.3, 0.4) is 0 Å². The fourth-order valence-electron chi connectivity index (χ4n) is 2.75. The fourth-order valence-corrected chi connectivity index (χ4v) is 3.44. The Morgan fingerprint density at radius 3 is 2.47 bits per heavy atom. The van der Waals surface area contributed by atoms with E-state index in [0.29, 0.717) is 16.5 Å². The number of thiazole rings is 1. The van der Waals surface area contributed by atoms with Gasteiger partial charge in [0.05, 0.1) is 11.3 Å². The van der Waals surface area contributed by atoms with E-state index in [4.69, 9.17) is 9.47 Å². The summed E-state index contributed by atoms with van der Waals surface area (Å²) >= 11 is 1.33. The van der Waals surface area contributed by atoms with E-state index in [2.05, 4.69) is 10.3 Å². The van der Waals surface area contributed by atoms with Gasteiger partial charge >= 0.3 is 5.97 Å². The molecule has 9 heteroatoms. The van der Waals surface area contributed by atoms with Crippen molar-refractivity contribution in [2.75, 3.05) is 0 Å². The van der Waals surface area contributed by atoms with Gasteiger partial charge in [0.2, 0.25) is 0 Å². The summed E-state index contributed by atoms with van der Waals surface area (Å²) in [6.45, 7) is 3.62. The van der Waals surface area contributed by atoms with Crippen LogP contribution in [0.2, 0.25) is 0 Å². The number of amides is 1. The van der Waals surface area contributed by atoms with E-state index < -0.39 is 23.7 Å². The van der Waals surface area contributed by atoms with Crippen LogP contribution in [0.25, 0.3) is 0 Å². The number of halogens is 2. The third-order valence-corrected chi connectivity index (χ3v) is 5.33. The van der Waals surface area contributed by atoms with Crippen LogP contribution in [0.5, 0.6) is 5.75 Å². The molecule has 1 N–H and O–H groups in total. The Hall–Kier alpha value is -3.33. The van der Waals surface area contributed by atoms with Crippen LogP contribution >= 0.6 is 11.3 Å². The number of nitrogens with one attached hydrogen (secondary N) is 1. The Balaban J connectivity index is 1.53. The summed E-state index contributed by atoms with van der Waals surface area (Å²) in [5.74, 6) is -2.10. The highest BCUT2D eigenvalue weighted by Gasteiger charge is 2.27. The van der Waals surface area contributed by atoms with E-state index in [9.17, 15) is 18.4 Å². The van der Waals surface area contributed by atoms with Crippen LogP contribution in [-0.2, 0) is 22.7 Å². The summed E-state index contributed by atoms with van der Waals surface area (Å²) in [5.41, 5.74) is 0.389. The number of aromatic nitrogens is 1. The predicted octanol–water partition coefficient (Wildman–Crippen LogP) is 4.50. The lowest BCUT2D eigenvalue weighted by atomic mass is 10.0. The van der Waals surface area contributed by atoms with Gasteiger partial charge in [-0.15, -0.1) is 11.3 Å². The number of rotatable bonds is 9. The number of benzene rings is 2. The summed E-state index contributed by atoms with van der Waals surface area (Å²) in [5, 5.41) is 4.94. The number of hydrogen-bond donors (Lipinski definition) is 1. The van der Waals surface area contributed by atoms with Crippen LogP contribution < -0.4 is 10.1 Å². The zero-order valence-corrected chi connectivity index (χ0v) is 18.3. The molecule has 1 atom stereocenters. The van der Waals surface area contributed by atoms with Gasteiger partial charge in [-0.25, -0.2) is 18.6 Å². The number of hydrogen-bond acceptors (Lipinski definition) is 6. The molecule has 0 unspecified atom stereocenters. The maximum absolute atomic E-state index is 13.8. The van der Waals surface area contributed by atoms with Crippen LogP contribution in [0.15, 0.2) is 53.9 Å². The molecule has 3 rings (SSSR count). The maximum atomic E-state index is 13.8. The van der Waals surface area contributed by atoms with Crippen molar-refractivity contribution >= 4 is 23.2 Å². The van der Waals surface area contributed by atoms with Crippen molar-refractivity contribution in [3.8, 4) is 5.75 Å². The molecule has 1 amide bonds. The smallest absolute Gasteiger partial charge is 0.329 e. The van der Waals surface area contributed by atoms with Crippen LogP contribution in [-0.4, -0.2) is 22.9 Å². The highest BCUT2D eigenvalue weighted by atomic mass is 32.1. The van der Waals surface area contributed by atoms with Crippen LogP contribution in [0.4, 0.5) is 8.78 Å². The lowest BCUT2D eigenvalue weighted by Crippen LogP contribution is -2.45. The van der Waals surface area contributed by atoms with Crippen molar-refractivity contribution in [1.82, 2.24) is 10.3 Å². The summed E-state index contributed by atoms with van der Waals surface area (Å²) in [6.07, 6.45) is 0. The molecule has 1 heterocycles. The zero-order valence-electron chi connectivity index (χ0n) is 17.5. The second-order valence-electron chi connectivity index (χ2n) is 7.26. The molecule has 0 bridgehead atoms. The second-order valence-corrected chi connectivity index (χ2v) is 8.20. The van der Waals surface area contributed by atoms with Gasteiger partial charge < -0.3 is 14.8 Å². The minimum atomic E-state index is -0.943. The molecule has 3 aromatic rings. The first-order valence-electron chi connectivity index (χ1n) is 9.87. The summed E-state index contributed by atoms with van der Waals surface area (Å²) in [6, 6.07) is 10.3. The molecular weight excluding hydrogens is 438 g/mol. The molecule has 0 saturated carbocycles. The van der Waals surface area contributed by atoms with Gasteiger partial charge in [-0.1, -0.05) is 26.0 Å². The third-order valence-electron chi connectivity index (χ3n) is 4.46. The molecule has 0 radical (unpaired) electrons. The number of carbonyl (C=O) groups is 2. The molecule has 0 aliphatic heterocycles. The van der Waals surface area contributed by atoms with Crippen LogP contribution in [0, 0.1) is 17.6 Å². The van der Waals surface area contributed by atoms with Gasteiger partial charge in [0.1, 0.15) is 41.6 Å². The average Bonchev–Trinajstić information content (AvgIpc) is 3.23. The monoisotopic (exact) mass is 460 g/mol. The van der Waals surface area contributed by atoms with E-state index in [0.717, 1.165) is 0 Å². The van der Waals surface area contributed by atoms with Crippen molar-refractivity contribution in [3.05, 3.63) is 81.8 Å². The third kappa shape index (κ3) is 6.34. The minimum absolute atomic E-state index is 0.0787. The first-order valence-corrected chi connectivity index (χ1v) is 10.7. The van der Waals surface area contributed by atoms with Crippen molar-refractivity contribution in [3.63, 3.8) is 0 Å². The highest BCUT2D eigenvalue weighted by Crippen LogP contribution is 2.17. The average molecular weight is 461 g/mol. The lowest BCUT2D eigenvalue weighted by Gasteiger charge is -2.20. The summed E-state index contributed by atoms with van der Waals surface area (Å²) in [4.78, 5) is 29.3. The van der Waals surface area contributed by atoms with Crippen LogP contribution in [0.1, 0.15) is 34.9 Å². The van der Waals surface area contributed by atoms with E-state index in [-0.39, 0.29) is 30.5 Å². The maximum Gasteiger partial charge on any atom is 0.329 e. The first-order chi connectivity index (χ1) is 15.3. The Kier molecular flexibility index (Phi) is 7.88. The van der Waals surface area contributed by atoms with Crippen molar-refractivity contribution in [1.29, 1.82) is 0 Å². The highest BCUT2D eigenvalue weighted by molar-refractivity contribution is 7.09. The van der Waals surface area contributed by atoms with Gasteiger partial charge in [-0.05, 0) is 42.3 Å². The van der Waals surface area contributed by atoms with Crippen molar-refractivity contribution in [2.45, 2.75) is 33.1 Å². The molecular formula is C23H22F2N2O4S. The van der Waals surface area contributed by atoms with E-state index in [1.807, 2.05) is 0 Å².